The Morgan fingerprint density at radius 2 is 2.13 bits per heavy atom. The molecule has 0 atom stereocenters. The van der Waals surface area contributed by atoms with Gasteiger partial charge in [-0.15, -0.1) is 0 Å². The second kappa shape index (κ2) is 4.04. The van der Waals surface area contributed by atoms with Crippen LogP contribution in [0.25, 0.3) is 0 Å². The summed E-state index contributed by atoms with van der Waals surface area (Å²) >= 11 is 0. The highest BCUT2D eigenvalue weighted by Gasteiger charge is 2.37. The monoisotopic (exact) mass is 220 g/mol. The second-order valence-electron chi connectivity index (χ2n) is 3.52. The highest BCUT2D eigenvalue weighted by Crippen LogP contribution is 2.18. The van der Waals surface area contributed by atoms with Gasteiger partial charge in [-0.2, -0.15) is 18.3 Å². The van der Waals surface area contributed by atoms with Crippen LogP contribution in [-0.2, 0) is 11.2 Å². The van der Waals surface area contributed by atoms with Crippen molar-refractivity contribution in [2.45, 2.75) is 32.5 Å². The molecule has 84 valence electrons. The lowest BCUT2D eigenvalue weighted by atomic mass is 10.2. The number of aromatic nitrogens is 2. The molecule has 0 unspecified atom stereocenters. The van der Waals surface area contributed by atoms with E-state index in [1.807, 2.05) is 13.8 Å². The zero-order valence-corrected chi connectivity index (χ0v) is 8.38. The number of Topliss-reactive ketones (excluding diaryl/α,β-unsaturated/α-hetero) is 1. The Morgan fingerprint density at radius 3 is 2.53 bits per heavy atom. The van der Waals surface area contributed by atoms with E-state index in [4.69, 9.17) is 0 Å². The number of ketones is 1. The van der Waals surface area contributed by atoms with Gasteiger partial charge in [-0.25, -0.2) is 0 Å². The number of halogens is 3. The van der Waals surface area contributed by atoms with Gasteiger partial charge in [0.1, 0.15) is 0 Å². The third-order valence-corrected chi connectivity index (χ3v) is 1.86. The van der Waals surface area contributed by atoms with E-state index >= 15 is 0 Å². The topological polar surface area (TPSA) is 34.9 Å². The van der Waals surface area contributed by atoms with E-state index in [0.717, 1.165) is 0 Å². The Hall–Kier alpha value is -1.33. The Bertz CT molecular complexity index is 354. The predicted octanol–water partition coefficient (Wildman–Crippen LogP) is 2.14. The first kappa shape index (κ1) is 11.7. The molecule has 0 saturated carbocycles. The van der Waals surface area contributed by atoms with E-state index in [9.17, 15) is 18.0 Å². The third-order valence-electron chi connectivity index (χ3n) is 1.86. The molecular weight excluding hydrogens is 209 g/mol. The number of hydrogen-bond acceptors (Lipinski definition) is 2. The molecule has 6 heteroatoms. The summed E-state index contributed by atoms with van der Waals surface area (Å²) < 4.78 is 37.3. The molecule has 0 aromatic carbocycles. The first-order valence-corrected chi connectivity index (χ1v) is 4.43. The summed E-state index contributed by atoms with van der Waals surface area (Å²) in [4.78, 5) is 10.7. The van der Waals surface area contributed by atoms with Crippen molar-refractivity contribution in [3.63, 3.8) is 0 Å². The van der Waals surface area contributed by atoms with Gasteiger partial charge in [0.2, 0.25) is 5.78 Å². The number of hydrogen-bond donors (Lipinski definition) is 0. The van der Waals surface area contributed by atoms with Crippen molar-refractivity contribution in [1.82, 2.24) is 9.78 Å². The van der Waals surface area contributed by atoms with Crippen molar-refractivity contribution in [2.75, 3.05) is 0 Å². The highest BCUT2D eigenvalue weighted by atomic mass is 19.4. The lowest BCUT2D eigenvalue weighted by Gasteiger charge is -2.04. The molecule has 0 fully saturated rings. The van der Waals surface area contributed by atoms with Gasteiger partial charge in [0.15, 0.2) is 0 Å². The summed E-state index contributed by atoms with van der Waals surface area (Å²) in [5, 5.41) is 3.85. The van der Waals surface area contributed by atoms with Crippen LogP contribution in [-0.4, -0.2) is 21.7 Å². The predicted molar refractivity (Wildman–Crippen MR) is 47.4 cm³/mol. The van der Waals surface area contributed by atoms with E-state index in [1.165, 1.54) is 17.1 Å². The molecule has 0 bridgehead atoms. The van der Waals surface area contributed by atoms with Crippen molar-refractivity contribution in [3.8, 4) is 0 Å². The molecule has 1 aromatic heterocycles. The molecule has 0 aliphatic carbocycles. The third kappa shape index (κ3) is 3.07. The molecule has 0 amide bonds. The molecule has 0 saturated heterocycles. The van der Waals surface area contributed by atoms with E-state index < -0.39 is 18.4 Å². The average molecular weight is 220 g/mol. The summed E-state index contributed by atoms with van der Waals surface area (Å²) in [6, 6.07) is 0.0692. The molecule has 0 spiro atoms. The van der Waals surface area contributed by atoms with Crippen LogP contribution in [0.1, 0.15) is 25.5 Å². The van der Waals surface area contributed by atoms with E-state index in [0.29, 0.717) is 0 Å². The fourth-order valence-electron chi connectivity index (χ4n) is 1.04. The van der Waals surface area contributed by atoms with Crippen molar-refractivity contribution in [3.05, 3.63) is 18.0 Å². The number of nitrogens with zero attached hydrogens (tertiary/aromatic N) is 2. The van der Waals surface area contributed by atoms with Gasteiger partial charge in [-0.3, -0.25) is 9.48 Å². The van der Waals surface area contributed by atoms with Crippen LogP contribution in [0.5, 0.6) is 0 Å². The number of carbonyl (C=O) groups is 1. The largest absolute Gasteiger partial charge is 0.450 e. The van der Waals surface area contributed by atoms with Crippen LogP contribution in [0.4, 0.5) is 13.2 Å². The minimum absolute atomic E-state index is 0.0692. The second-order valence-corrected chi connectivity index (χ2v) is 3.52. The van der Waals surface area contributed by atoms with Crippen LogP contribution >= 0.6 is 0 Å². The van der Waals surface area contributed by atoms with Gasteiger partial charge in [-0.1, -0.05) is 0 Å². The maximum absolute atomic E-state index is 11.9. The lowest BCUT2D eigenvalue weighted by molar-refractivity contribution is -0.170. The molecule has 1 rings (SSSR count). The fourth-order valence-corrected chi connectivity index (χ4v) is 1.04. The van der Waals surface area contributed by atoms with Crippen molar-refractivity contribution >= 4 is 5.78 Å². The van der Waals surface area contributed by atoms with Gasteiger partial charge in [0, 0.05) is 18.7 Å². The zero-order valence-electron chi connectivity index (χ0n) is 8.38. The number of carbonyl (C=O) groups excluding carboxylic acids is 1. The smallest absolute Gasteiger partial charge is 0.289 e. The molecule has 0 aliphatic rings. The standard InChI is InChI=1S/C9H11F3N2O/c1-6(2)14-5-7(4-13-14)3-8(15)9(10,11)12/h4-6H,3H2,1-2H3. The van der Waals surface area contributed by atoms with Crippen LogP contribution in [0.15, 0.2) is 12.4 Å². The Kier molecular flexibility index (Phi) is 3.16. The summed E-state index contributed by atoms with van der Waals surface area (Å²) in [5.74, 6) is -1.74. The Balaban J connectivity index is 2.70. The van der Waals surface area contributed by atoms with E-state index in [2.05, 4.69) is 5.10 Å². The SMILES string of the molecule is CC(C)n1cc(CC(=O)C(F)(F)F)cn1. The molecule has 15 heavy (non-hydrogen) atoms. The molecule has 0 aliphatic heterocycles. The summed E-state index contributed by atoms with van der Waals surface area (Å²) in [6.45, 7) is 3.70. The molecule has 1 heterocycles. The Morgan fingerprint density at radius 1 is 1.53 bits per heavy atom. The minimum atomic E-state index is -4.76. The number of alkyl halides is 3. The molecule has 0 radical (unpaired) electrons. The van der Waals surface area contributed by atoms with Crippen LogP contribution in [0.3, 0.4) is 0 Å². The maximum Gasteiger partial charge on any atom is 0.450 e. The summed E-state index contributed by atoms with van der Waals surface area (Å²) in [7, 11) is 0. The van der Waals surface area contributed by atoms with Gasteiger partial charge in [0.05, 0.1) is 6.20 Å². The van der Waals surface area contributed by atoms with E-state index in [-0.39, 0.29) is 11.6 Å². The van der Waals surface area contributed by atoms with Gasteiger partial charge in [-0.05, 0) is 19.4 Å². The summed E-state index contributed by atoms with van der Waals surface area (Å²) in [6.07, 6.45) is -2.67. The van der Waals surface area contributed by atoms with Gasteiger partial charge >= 0.3 is 6.18 Å². The quantitative estimate of drug-likeness (QED) is 0.782. The van der Waals surface area contributed by atoms with Gasteiger partial charge in [0.25, 0.3) is 0 Å². The van der Waals surface area contributed by atoms with Crippen molar-refractivity contribution < 1.29 is 18.0 Å². The molecule has 0 N–H and O–H groups in total. The lowest BCUT2D eigenvalue weighted by Crippen LogP contribution is -2.24. The number of rotatable bonds is 3. The normalized spacial score (nSPS) is 12.1. The molecule has 1 aromatic rings. The highest BCUT2D eigenvalue weighted by molar-refractivity contribution is 5.85. The summed E-state index contributed by atoms with van der Waals surface area (Å²) in [5.41, 5.74) is 0.283. The minimum Gasteiger partial charge on any atom is -0.289 e. The maximum atomic E-state index is 11.9. The van der Waals surface area contributed by atoms with Crippen molar-refractivity contribution in [1.29, 1.82) is 0 Å². The fraction of sp³-hybridized carbons (Fsp3) is 0.556. The van der Waals surface area contributed by atoms with Crippen LogP contribution in [0.2, 0.25) is 0 Å². The van der Waals surface area contributed by atoms with Crippen LogP contribution in [0, 0.1) is 0 Å². The van der Waals surface area contributed by atoms with Gasteiger partial charge < -0.3 is 0 Å². The molecule has 3 nitrogen and oxygen atoms in total. The first-order valence-electron chi connectivity index (χ1n) is 4.43. The van der Waals surface area contributed by atoms with Crippen LogP contribution < -0.4 is 0 Å². The first-order chi connectivity index (χ1) is 6.80. The zero-order chi connectivity index (χ0) is 11.6. The van der Waals surface area contributed by atoms with E-state index in [1.54, 1.807) is 0 Å². The van der Waals surface area contributed by atoms with Crippen molar-refractivity contribution in [2.24, 2.45) is 0 Å². The molecular formula is C9H11F3N2O. The Labute approximate surface area is 84.9 Å². The average Bonchev–Trinajstić information content (AvgIpc) is 2.50.